The molecule has 0 radical (unpaired) electrons. The lowest BCUT2D eigenvalue weighted by Crippen LogP contribution is -2.08. The molecule has 0 atom stereocenters. The van der Waals surface area contributed by atoms with Crippen LogP contribution in [0.1, 0.15) is 31.0 Å². The van der Waals surface area contributed by atoms with Crippen LogP contribution in [0.2, 0.25) is 0 Å². The van der Waals surface area contributed by atoms with Gasteiger partial charge in [0.05, 0.1) is 0 Å². The first-order valence-electron chi connectivity index (χ1n) is 7.13. The first-order valence-corrected chi connectivity index (χ1v) is 8.52. The largest absolute Gasteiger partial charge is 0.343 e. The molecule has 0 saturated carbocycles. The molecule has 104 valence electrons. The second-order valence-corrected chi connectivity index (χ2v) is 6.74. The van der Waals surface area contributed by atoms with Gasteiger partial charge >= 0.3 is 0 Å². The maximum atomic E-state index is 5.46. The van der Waals surface area contributed by atoms with E-state index in [0.29, 0.717) is 0 Å². The van der Waals surface area contributed by atoms with E-state index in [9.17, 15) is 0 Å². The summed E-state index contributed by atoms with van der Waals surface area (Å²) < 4.78 is 0.778. The van der Waals surface area contributed by atoms with Crippen molar-refractivity contribution in [2.45, 2.75) is 37.5 Å². The van der Waals surface area contributed by atoms with Crippen molar-refractivity contribution in [1.82, 2.24) is 9.97 Å². The minimum absolute atomic E-state index is 0.778. The van der Waals surface area contributed by atoms with E-state index >= 15 is 0 Å². The summed E-state index contributed by atoms with van der Waals surface area (Å²) >= 11 is 7.31. The van der Waals surface area contributed by atoms with Gasteiger partial charge in [-0.25, -0.2) is 4.98 Å². The molecule has 20 heavy (non-hydrogen) atoms. The van der Waals surface area contributed by atoms with Crippen LogP contribution in [-0.2, 0) is 12.8 Å². The lowest BCUT2D eigenvalue weighted by Gasteiger charge is -2.16. The molecule has 1 aliphatic carbocycles. The van der Waals surface area contributed by atoms with Gasteiger partial charge in [0.1, 0.15) is 10.5 Å². The third-order valence-corrected chi connectivity index (χ3v) is 4.88. The van der Waals surface area contributed by atoms with E-state index in [1.54, 1.807) is 0 Å². The van der Waals surface area contributed by atoms with Gasteiger partial charge in [0, 0.05) is 21.7 Å². The molecule has 4 heteroatoms. The smallest absolute Gasteiger partial charge is 0.139 e. The number of hydrogen-bond acceptors (Lipinski definition) is 3. The third-order valence-electron chi connectivity index (χ3n) is 3.65. The Morgan fingerprint density at radius 2 is 1.95 bits per heavy atom. The molecule has 1 aromatic carbocycles. The molecule has 0 saturated heterocycles. The number of aromatic nitrogens is 2. The minimum atomic E-state index is 0.778. The van der Waals surface area contributed by atoms with Crippen LogP contribution < -0.4 is 0 Å². The lowest BCUT2D eigenvalue weighted by molar-refractivity contribution is 0.661. The summed E-state index contributed by atoms with van der Waals surface area (Å²) in [5, 5.41) is 0. The highest BCUT2D eigenvalue weighted by Crippen LogP contribution is 2.25. The number of hydrogen-bond donors (Lipinski definition) is 1. The second kappa shape index (κ2) is 6.10. The Labute approximate surface area is 129 Å². The van der Waals surface area contributed by atoms with Gasteiger partial charge in [-0.05, 0) is 43.6 Å². The van der Waals surface area contributed by atoms with E-state index in [4.69, 9.17) is 12.2 Å². The molecule has 0 amide bonds. The maximum Gasteiger partial charge on any atom is 0.139 e. The van der Waals surface area contributed by atoms with Gasteiger partial charge in [0.15, 0.2) is 0 Å². The van der Waals surface area contributed by atoms with Crippen molar-refractivity contribution < 1.29 is 0 Å². The zero-order chi connectivity index (χ0) is 13.9. The van der Waals surface area contributed by atoms with E-state index in [2.05, 4.69) is 41.2 Å². The van der Waals surface area contributed by atoms with E-state index in [1.807, 2.05) is 11.8 Å². The number of nitrogens with one attached hydrogen (secondary N) is 1. The number of H-pyrrole nitrogens is 1. The summed E-state index contributed by atoms with van der Waals surface area (Å²) in [5.74, 6) is 2.00. The topological polar surface area (TPSA) is 28.7 Å². The molecule has 0 aliphatic heterocycles. The van der Waals surface area contributed by atoms with Crippen LogP contribution in [0, 0.1) is 4.64 Å². The van der Waals surface area contributed by atoms with Crippen molar-refractivity contribution in [1.29, 1.82) is 0 Å². The van der Waals surface area contributed by atoms with Crippen molar-refractivity contribution in [2.75, 3.05) is 5.75 Å². The van der Waals surface area contributed by atoms with Gasteiger partial charge in [-0.1, -0.05) is 31.3 Å². The van der Waals surface area contributed by atoms with Gasteiger partial charge < -0.3 is 4.98 Å². The summed E-state index contributed by atoms with van der Waals surface area (Å²) in [7, 11) is 0. The van der Waals surface area contributed by atoms with E-state index < -0.39 is 0 Å². The fraction of sp³-hybridized carbons (Fsp3) is 0.375. The molecule has 0 bridgehead atoms. The van der Waals surface area contributed by atoms with Crippen molar-refractivity contribution >= 4 is 24.0 Å². The van der Waals surface area contributed by atoms with Crippen LogP contribution in [0.4, 0.5) is 0 Å². The van der Waals surface area contributed by atoms with E-state index in [-0.39, 0.29) is 0 Å². The minimum Gasteiger partial charge on any atom is -0.343 e. The summed E-state index contributed by atoms with van der Waals surface area (Å²) in [6.45, 7) is 2.17. The molecule has 0 spiro atoms. The highest BCUT2D eigenvalue weighted by atomic mass is 32.2. The third kappa shape index (κ3) is 2.81. The molecule has 2 aromatic rings. The van der Waals surface area contributed by atoms with Crippen LogP contribution >= 0.6 is 24.0 Å². The van der Waals surface area contributed by atoms with Crippen LogP contribution in [-0.4, -0.2) is 15.7 Å². The van der Waals surface area contributed by atoms with Crippen LogP contribution in [0.25, 0.3) is 11.4 Å². The molecule has 0 fully saturated rings. The zero-order valence-electron chi connectivity index (χ0n) is 11.6. The summed E-state index contributed by atoms with van der Waals surface area (Å²) in [4.78, 5) is 9.37. The normalized spacial score (nSPS) is 14.1. The average Bonchev–Trinajstić information content (AvgIpc) is 2.48. The summed E-state index contributed by atoms with van der Waals surface area (Å²) in [5.41, 5.74) is 3.66. The highest BCUT2D eigenvalue weighted by molar-refractivity contribution is 7.99. The molecule has 0 unspecified atom stereocenters. The Morgan fingerprint density at radius 3 is 2.70 bits per heavy atom. The van der Waals surface area contributed by atoms with Crippen molar-refractivity contribution in [2.24, 2.45) is 0 Å². The fourth-order valence-corrected chi connectivity index (χ4v) is 3.61. The van der Waals surface area contributed by atoms with Crippen molar-refractivity contribution in [3.63, 3.8) is 0 Å². The number of aryl methyl sites for hydroxylation is 1. The predicted molar refractivity (Wildman–Crippen MR) is 87.9 cm³/mol. The SMILES string of the molecule is CCSc1ccc(-c2nc(=S)c3c([nH]2)CCCC3)cc1. The van der Waals surface area contributed by atoms with Gasteiger partial charge in [-0.3, -0.25) is 0 Å². The monoisotopic (exact) mass is 302 g/mol. The molecule has 1 heterocycles. The predicted octanol–water partition coefficient (Wildman–Crippen LogP) is 4.80. The summed E-state index contributed by atoms with van der Waals surface area (Å²) in [6, 6.07) is 8.56. The molecular formula is C16H18N2S2. The zero-order valence-corrected chi connectivity index (χ0v) is 13.2. The van der Waals surface area contributed by atoms with Crippen molar-refractivity contribution in [3.8, 4) is 11.4 Å². The number of benzene rings is 1. The number of thioether (sulfide) groups is 1. The average molecular weight is 302 g/mol. The number of nitrogens with zero attached hydrogens (tertiary/aromatic N) is 1. The second-order valence-electron chi connectivity index (χ2n) is 5.01. The Balaban J connectivity index is 1.97. The van der Waals surface area contributed by atoms with Gasteiger partial charge in [-0.2, -0.15) is 0 Å². The number of fused-ring (bicyclic) bond motifs is 1. The molecule has 1 N–H and O–H groups in total. The van der Waals surface area contributed by atoms with Crippen LogP contribution in [0.15, 0.2) is 29.2 Å². The Hall–Kier alpha value is -1.13. The van der Waals surface area contributed by atoms with Crippen LogP contribution in [0.5, 0.6) is 0 Å². The number of rotatable bonds is 3. The highest BCUT2D eigenvalue weighted by Gasteiger charge is 2.13. The van der Waals surface area contributed by atoms with Gasteiger partial charge in [0.25, 0.3) is 0 Å². The van der Waals surface area contributed by atoms with Crippen LogP contribution in [0.3, 0.4) is 0 Å². The molecule has 1 aliphatic rings. The molecule has 3 rings (SSSR count). The Bertz CT molecular complexity index is 659. The Morgan fingerprint density at radius 1 is 1.20 bits per heavy atom. The molecule has 2 nitrogen and oxygen atoms in total. The Kier molecular flexibility index (Phi) is 4.22. The molecular weight excluding hydrogens is 284 g/mol. The summed E-state index contributed by atoms with van der Waals surface area (Å²) in [6.07, 6.45) is 4.64. The standard InChI is InChI=1S/C16H18N2S2/c1-2-20-12-9-7-11(8-10-12)15-17-14-6-4-3-5-13(14)16(19)18-15/h7-10H,2-6H2,1H3,(H,17,18,19). The van der Waals surface area contributed by atoms with Gasteiger partial charge in [-0.15, -0.1) is 11.8 Å². The quantitative estimate of drug-likeness (QED) is 0.652. The number of aromatic amines is 1. The van der Waals surface area contributed by atoms with Gasteiger partial charge in [0.2, 0.25) is 0 Å². The van der Waals surface area contributed by atoms with E-state index in [0.717, 1.165) is 34.6 Å². The molecule has 1 aromatic heterocycles. The first-order chi connectivity index (χ1) is 9.78. The van der Waals surface area contributed by atoms with Crippen molar-refractivity contribution in [3.05, 3.63) is 40.2 Å². The lowest BCUT2D eigenvalue weighted by atomic mass is 9.97. The van der Waals surface area contributed by atoms with E-state index in [1.165, 1.54) is 29.0 Å². The first kappa shape index (κ1) is 13.8. The maximum absolute atomic E-state index is 5.46. The fourth-order valence-electron chi connectivity index (χ4n) is 2.63.